The SMILES string of the molecule is CCN(CC)c1ccc2cc(/C=C/c3cc(NCCCN4CCCC4)c4cc(F)c(NCCCN5CCCC5)cc4[n+]3C)c(=O)oc2c1. The average Bonchev–Trinajstić information content (AvgIpc) is 3.81. The molecule has 0 atom stereocenters. The van der Waals surface area contributed by atoms with Crippen LogP contribution in [0.5, 0.6) is 0 Å². The fourth-order valence-corrected chi connectivity index (χ4v) is 7.21. The van der Waals surface area contributed by atoms with Crippen LogP contribution < -0.4 is 25.7 Å². The molecule has 0 spiro atoms. The average molecular weight is 656 g/mol. The number of nitrogens with one attached hydrogen (secondary N) is 2. The van der Waals surface area contributed by atoms with E-state index in [1.54, 1.807) is 6.07 Å². The Bertz CT molecular complexity index is 1790. The van der Waals surface area contributed by atoms with Gasteiger partial charge in [0.25, 0.3) is 0 Å². The van der Waals surface area contributed by atoms with Gasteiger partial charge in [-0.1, -0.05) is 0 Å². The van der Waals surface area contributed by atoms with Gasteiger partial charge in [-0.05, 0) is 122 Å². The molecule has 2 N–H and O–H groups in total. The molecule has 6 rings (SSSR count). The van der Waals surface area contributed by atoms with Crippen molar-refractivity contribution in [3.8, 4) is 0 Å². The number of aryl methyl sites for hydroxylation is 1. The Labute approximate surface area is 284 Å². The Morgan fingerprint density at radius 1 is 0.854 bits per heavy atom. The lowest BCUT2D eigenvalue weighted by Crippen LogP contribution is -2.33. The molecule has 48 heavy (non-hydrogen) atoms. The van der Waals surface area contributed by atoms with Gasteiger partial charge < -0.3 is 29.8 Å². The molecule has 2 aromatic carbocycles. The number of benzene rings is 2. The van der Waals surface area contributed by atoms with E-state index in [1.807, 2.05) is 43.5 Å². The third-order valence-electron chi connectivity index (χ3n) is 10.1. The van der Waals surface area contributed by atoms with Gasteiger partial charge in [0.15, 0.2) is 0 Å². The van der Waals surface area contributed by atoms with Gasteiger partial charge in [0.2, 0.25) is 11.2 Å². The van der Waals surface area contributed by atoms with Crippen LogP contribution in [0.1, 0.15) is 63.6 Å². The fraction of sp³-hybridized carbons (Fsp3) is 0.487. The van der Waals surface area contributed by atoms with Crippen LogP contribution in [0.25, 0.3) is 34.0 Å². The molecule has 0 unspecified atom stereocenters. The molecule has 9 heteroatoms. The first-order valence-electron chi connectivity index (χ1n) is 18.0. The number of pyridine rings is 1. The molecule has 0 saturated carbocycles. The van der Waals surface area contributed by atoms with Crippen LogP contribution in [-0.2, 0) is 7.05 Å². The predicted octanol–water partition coefficient (Wildman–Crippen LogP) is 6.72. The van der Waals surface area contributed by atoms with Crippen molar-refractivity contribution in [2.45, 2.75) is 52.4 Å². The van der Waals surface area contributed by atoms with Gasteiger partial charge in [-0.15, -0.1) is 0 Å². The minimum atomic E-state index is -0.373. The summed E-state index contributed by atoms with van der Waals surface area (Å²) in [5.41, 5.74) is 4.95. The summed E-state index contributed by atoms with van der Waals surface area (Å²) in [5.74, 6) is -0.245. The molecule has 8 nitrogen and oxygen atoms in total. The summed E-state index contributed by atoms with van der Waals surface area (Å²) in [5, 5.41) is 8.70. The lowest BCUT2D eigenvalue weighted by Gasteiger charge is -2.20. The van der Waals surface area contributed by atoms with E-state index in [0.29, 0.717) is 16.8 Å². The summed E-state index contributed by atoms with van der Waals surface area (Å²) in [6.45, 7) is 14.3. The largest absolute Gasteiger partial charge is 0.422 e. The fourth-order valence-electron chi connectivity index (χ4n) is 7.21. The smallest absolute Gasteiger partial charge is 0.343 e. The van der Waals surface area contributed by atoms with Crippen molar-refractivity contribution in [1.29, 1.82) is 0 Å². The standard InChI is InChI=1S/C39H51FN6O2/c1-4-46(5-2)32-15-12-29-24-30(39(47)48-38(29)26-32)13-14-31-25-35(41-16-10-22-44-18-6-7-19-44)33-27-34(40)36(28-37(33)43(31)3)42-17-11-23-45-20-8-9-21-45/h12-15,24-28H,4-11,16-23H2,1-3H3,(H,41,42)/p+1/b14-13+. The Balaban J connectivity index is 1.27. The second kappa shape index (κ2) is 16.0. The molecular weight excluding hydrogens is 603 g/mol. The molecule has 4 heterocycles. The molecule has 0 bridgehead atoms. The molecule has 2 aliphatic heterocycles. The zero-order valence-electron chi connectivity index (χ0n) is 29.0. The van der Waals surface area contributed by atoms with E-state index in [2.05, 4.69) is 55.9 Å². The highest BCUT2D eigenvalue weighted by Crippen LogP contribution is 2.29. The zero-order valence-corrected chi connectivity index (χ0v) is 29.0. The number of aromatic nitrogens is 1. The van der Waals surface area contributed by atoms with Crippen LogP contribution in [-0.4, -0.2) is 75.2 Å². The van der Waals surface area contributed by atoms with Gasteiger partial charge in [-0.25, -0.2) is 9.18 Å². The van der Waals surface area contributed by atoms with Gasteiger partial charge in [-0.3, -0.25) is 0 Å². The highest BCUT2D eigenvalue weighted by molar-refractivity contribution is 5.92. The molecule has 0 aliphatic carbocycles. The summed E-state index contributed by atoms with van der Waals surface area (Å²) in [4.78, 5) is 20.3. The first-order chi connectivity index (χ1) is 23.4. The minimum absolute atomic E-state index is 0.245. The number of hydrogen-bond acceptors (Lipinski definition) is 7. The molecule has 2 aliphatic rings. The van der Waals surface area contributed by atoms with E-state index in [-0.39, 0.29) is 11.4 Å². The number of nitrogens with zero attached hydrogens (tertiary/aromatic N) is 4. The Kier molecular flexibility index (Phi) is 11.3. The van der Waals surface area contributed by atoms with E-state index < -0.39 is 0 Å². The van der Waals surface area contributed by atoms with Crippen molar-refractivity contribution in [2.75, 3.05) is 81.0 Å². The summed E-state index contributed by atoms with van der Waals surface area (Å²) >= 11 is 0. The number of hydrogen-bond donors (Lipinski definition) is 2. The monoisotopic (exact) mass is 655 g/mol. The molecule has 2 fully saturated rings. The van der Waals surface area contributed by atoms with E-state index in [4.69, 9.17) is 4.42 Å². The summed E-state index contributed by atoms with van der Waals surface area (Å²) in [6.07, 6.45) is 10.9. The maximum absolute atomic E-state index is 15.5. The highest BCUT2D eigenvalue weighted by Gasteiger charge is 2.20. The zero-order chi connectivity index (χ0) is 33.5. The first kappa shape index (κ1) is 33.9. The normalized spacial score (nSPS) is 15.8. The predicted molar refractivity (Wildman–Crippen MR) is 198 cm³/mol. The van der Waals surface area contributed by atoms with Gasteiger partial charge >= 0.3 is 5.63 Å². The molecule has 0 radical (unpaired) electrons. The molecular formula is C39H52FN6O2+. The second-order valence-corrected chi connectivity index (χ2v) is 13.3. The molecule has 2 aromatic heterocycles. The summed E-state index contributed by atoms with van der Waals surface area (Å²) in [6, 6.07) is 13.5. The van der Waals surface area contributed by atoms with Crippen LogP contribution in [0.15, 0.2) is 51.7 Å². The Morgan fingerprint density at radius 3 is 2.15 bits per heavy atom. The van der Waals surface area contributed by atoms with Crippen molar-refractivity contribution in [2.24, 2.45) is 7.05 Å². The highest BCUT2D eigenvalue weighted by atomic mass is 19.1. The maximum atomic E-state index is 15.5. The quantitative estimate of drug-likeness (QED) is 0.0838. The van der Waals surface area contributed by atoms with Gasteiger partial charge in [0.1, 0.15) is 18.4 Å². The number of fused-ring (bicyclic) bond motifs is 2. The molecule has 4 aromatic rings. The van der Waals surface area contributed by atoms with Crippen molar-refractivity contribution < 1.29 is 13.4 Å². The van der Waals surface area contributed by atoms with Crippen molar-refractivity contribution >= 4 is 51.1 Å². The summed E-state index contributed by atoms with van der Waals surface area (Å²) < 4.78 is 23.4. The van der Waals surface area contributed by atoms with Crippen LogP contribution in [0.3, 0.4) is 0 Å². The van der Waals surface area contributed by atoms with Crippen molar-refractivity contribution in [3.05, 3.63) is 70.0 Å². The topological polar surface area (TPSA) is 67.9 Å². The van der Waals surface area contributed by atoms with Crippen LogP contribution in [0.4, 0.5) is 21.5 Å². The first-order valence-corrected chi connectivity index (χ1v) is 18.0. The van der Waals surface area contributed by atoms with E-state index in [9.17, 15) is 4.79 Å². The number of rotatable bonds is 15. The number of anilines is 3. The number of halogens is 1. The van der Waals surface area contributed by atoms with E-state index in [0.717, 1.165) is 85.5 Å². The maximum Gasteiger partial charge on any atom is 0.343 e. The van der Waals surface area contributed by atoms with Gasteiger partial charge in [-0.2, -0.15) is 4.57 Å². The van der Waals surface area contributed by atoms with E-state index in [1.165, 1.54) is 51.9 Å². The van der Waals surface area contributed by atoms with Crippen LogP contribution in [0.2, 0.25) is 0 Å². The van der Waals surface area contributed by atoms with Gasteiger partial charge in [0.05, 0.1) is 22.3 Å². The third-order valence-corrected chi connectivity index (χ3v) is 10.1. The van der Waals surface area contributed by atoms with Gasteiger partial charge in [0, 0.05) is 61.5 Å². The minimum Gasteiger partial charge on any atom is -0.422 e. The molecule has 2 saturated heterocycles. The van der Waals surface area contributed by atoms with Crippen LogP contribution in [0, 0.1) is 5.82 Å². The second-order valence-electron chi connectivity index (χ2n) is 13.3. The lowest BCUT2D eigenvalue weighted by molar-refractivity contribution is -0.646. The third kappa shape index (κ3) is 8.01. The van der Waals surface area contributed by atoms with Crippen LogP contribution >= 0.6 is 0 Å². The summed E-state index contributed by atoms with van der Waals surface area (Å²) in [7, 11) is 1.99. The van der Waals surface area contributed by atoms with Crippen molar-refractivity contribution in [3.63, 3.8) is 0 Å². The van der Waals surface area contributed by atoms with Crippen molar-refractivity contribution in [1.82, 2.24) is 9.80 Å². The van der Waals surface area contributed by atoms with E-state index >= 15 is 4.39 Å². The Hall–Kier alpha value is -3.95. The molecule has 256 valence electrons. The number of likely N-dealkylation sites (tertiary alicyclic amines) is 2. The lowest BCUT2D eigenvalue weighted by atomic mass is 10.1. The Morgan fingerprint density at radius 2 is 1.50 bits per heavy atom. The molecule has 0 amide bonds.